The number of halogens is 5. The Kier molecular flexibility index (Phi) is 4.37. The molecule has 8 heteroatoms. The molecule has 2 aromatic rings. The lowest BCUT2D eigenvalue weighted by atomic mass is 10.1. The quantitative estimate of drug-likeness (QED) is 0.803. The lowest BCUT2D eigenvalue weighted by molar-refractivity contribution is -0.137. The summed E-state index contributed by atoms with van der Waals surface area (Å²) in [6, 6.07) is 3.98. The van der Waals surface area contributed by atoms with Crippen LogP contribution >= 0.6 is 38.9 Å². The van der Waals surface area contributed by atoms with E-state index in [1.54, 1.807) is 6.07 Å². The Balaban J connectivity index is 2.20. The maximum absolute atomic E-state index is 12.9. The van der Waals surface area contributed by atoms with E-state index >= 15 is 0 Å². The van der Waals surface area contributed by atoms with Crippen molar-refractivity contribution in [2.45, 2.75) is 12.7 Å². The van der Waals surface area contributed by atoms with Gasteiger partial charge in [0.05, 0.1) is 12.1 Å². The molecule has 0 aliphatic carbocycles. The van der Waals surface area contributed by atoms with Crippen LogP contribution in [0, 0.1) is 0 Å². The molecule has 0 saturated heterocycles. The molecule has 2 rings (SSSR count). The molecule has 0 fully saturated rings. The van der Waals surface area contributed by atoms with Gasteiger partial charge in [0, 0.05) is 21.2 Å². The highest BCUT2D eigenvalue weighted by molar-refractivity contribution is 9.10. The molecule has 1 aromatic heterocycles. The summed E-state index contributed by atoms with van der Waals surface area (Å²) in [6.07, 6.45) is -2.87. The zero-order valence-corrected chi connectivity index (χ0v) is 12.4. The van der Waals surface area contributed by atoms with Gasteiger partial charge in [0.2, 0.25) is 0 Å². The Bertz CT molecular complexity index is 586. The van der Waals surface area contributed by atoms with Gasteiger partial charge in [0.25, 0.3) is 0 Å². The molecule has 0 unspecified atom stereocenters. The highest BCUT2D eigenvalue weighted by Crippen LogP contribution is 2.36. The number of anilines is 1. The van der Waals surface area contributed by atoms with E-state index in [2.05, 4.69) is 26.2 Å². The second-order valence-corrected chi connectivity index (χ2v) is 6.23. The molecule has 2 nitrogen and oxygen atoms in total. The van der Waals surface area contributed by atoms with Crippen molar-refractivity contribution in [2.24, 2.45) is 0 Å². The SMILES string of the molecule is FC(F)(F)c1cc(Br)ccc1NCc1cnc(Cl)s1. The zero-order valence-electron chi connectivity index (χ0n) is 9.26. The van der Waals surface area contributed by atoms with Gasteiger partial charge in [-0.15, -0.1) is 11.3 Å². The third kappa shape index (κ3) is 3.84. The van der Waals surface area contributed by atoms with Gasteiger partial charge >= 0.3 is 6.18 Å². The van der Waals surface area contributed by atoms with Crippen LogP contribution in [-0.4, -0.2) is 4.98 Å². The van der Waals surface area contributed by atoms with Crippen molar-refractivity contribution in [2.75, 3.05) is 5.32 Å². The molecular formula is C11H7BrClF3N2S. The summed E-state index contributed by atoms with van der Waals surface area (Å²) >= 11 is 9.92. The van der Waals surface area contributed by atoms with Gasteiger partial charge < -0.3 is 5.32 Å². The molecule has 0 spiro atoms. The van der Waals surface area contributed by atoms with Crippen LogP contribution in [-0.2, 0) is 12.7 Å². The maximum Gasteiger partial charge on any atom is 0.418 e. The molecule has 1 aromatic carbocycles. The average Bonchev–Trinajstić information content (AvgIpc) is 2.72. The van der Waals surface area contributed by atoms with Gasteiger partial charge in [-0.1, -0.05) is 27.5 Å². The second kappa shape index (κ2) is 5.68. The van der Waals surface area contributed by atoms with Gasteiger partial charge in [0.15, 0.2) is 4.47 Å². The number of nitrogens with one attached hydrogen (secondary N) is 1. The van der Waals surface area contributed by atoms with Gasteiger partial charge in [-0.3, -0.25) is 0 Å². The highest BCUT2D eigenvalue weighted by Gasteiger charge is 2.33. The monoisotopic (exact) mass is 370 g/mol. The van der Waals surface area contributed by atoms with Crippen LogP contribution in [0.1, 0.15) is 10.4 Å². The molecule has 102 valence electrons. The van der Waals surface area contributed by atoms with Gasteiger partial charge in [-0.2, -0.15) is 13.2 Å². The molecule has 1 N–H and O–H groups in total. The summed E-state index contributed by atoms with van der Waals surface area (Å²) in [4.78, 5) is 4.59. The largest absolute Gasteiger partial charge is 0.418 e. The molecule has 19 heavy (non-hydrogen) atoms. The summed E-state index contributed by atoms with van der Waals surface area (Å²) < 4.78 is 39.3. The van der Waals surface area contributed by atoms with Crippen LogP contribution in [0.2, 0.25) is 4.47 Å². The number of hydrogen-bond acceptors (Lipinski definition) is 3. The van der Waals surface area contributed by atoms with Crippen molar-refractivity contribution in [3.05, 3.63) is 43.8 Å². The number of aromatic nitrogens is 1. The summed E-state index contributed by atoms with van der Waals surface area (Å²) in [6.45, 7) is 0.245. The lowest BCUT2D eigenvalue weighted by Crippen LogP contribution is -2.10. The summed E-state index contributed by atoms with van der Waals surface area (Å²) in [5, 5.41) is 2.75. The van der Waals surface area contributed by atoms with Crippen molar-refractivity contribution in [3.63, 3.8) is 0 Å². The number of rotatable bonds is 3. The van der Waals surface area contributed by atoms with E-state index < -0.39 is 11.7 Å². The molecule has 0 bridgehead atoms. The smallest absolute Gasteiger partial charge is 0.380 e. The molecule has 0 aliphatic heterocycles. The number of benzene rings is 1. The van der Waals surface area contributed by atoms with E-state index in [9.17, 15) is 13.2 Å². The van der Waals surface area contributed by atoms with Crippen molar-refractivity contribution in [1.29, 1.82) is 0 Å². The first-order chi connectivity index (χ1) is 8.86. The van der Waals surface area contributed by atoms with E-state index in [1.807, 2.05) is 0 Å². The van der Waals surface area contributed by atoms with Crippen molar-refractivity contribution >= 4 is 44.6 Å². The summed E-state index contributed by atoms with van der Waals surface area (Å²) in [5.41, 5.74) is -0.683. The maximum atomic E-state index is 12.9. The minimum absolute atomic E-state index is 0.0280. The van der Waals surface area contributed by atoms with Crippen molar-refractivity contribution in [1.82, 2.24) is 4.98 Å². The fraction of sp³-hybridized carbons (Fsp3) is 0.182. The Morgan fingerprint density at radius 3 is 2.68 bits per heavy atom. The predicted octanol–water partition coefficient (Wildman–Crippen LogP) is 5.19. The minimum Gasteiger partial charge on any atom is -0.380 e. The average molecular weight is 372 g/mol. The van der Waals surface area contributed by atoms with Crippen LogP contribution in [0.3, 0.4) is 0 Å². The van der Waals surface area contributed by atoms with Gasteiger partial charge in [-0.05, 0) is 18.2 Å². The summed E-state index contributed by atoms with van der Waals surface area (Å²) in [5.74, 6) is 0. The van der Waals surface area contributed by atoms with Crippen LogP contribution in [0.4, 0.5) is 18.9 Å². The molecule has 0 atom stereocenters. The Labute approximate surface area is 124 Å². The van der Waals surface area contributed by atoms with Gasteiger partial charge in [0.1, 0.15) is 0 Å². The standard InChI is InChI=1S/C11H7BrClF3N2S/c12-6-1-2-9(8(3-6)11(14,15)16)17-4-7-5-18-10(13)19-7/h1-3,5,17H,4H2. The molecule has 0 radical (unpaired) electrons. The van der Waals surface area contributed by atoms with E-state index in [1.165, 1.54) is 23.6 Å². The first kappa shape index (κ1) is 14.6. The molecular weight excluding hydrogens is 365 g/mol. The molecule has 0 amide bonds. The molecule has 1 heterocycles. The lowest BCUT2D eigenvalue weighted by Gasteiger charge is -2.14. The fourth-order valence-corrected chi connectivity index (χ4v) is 2.73. The van der Waals surface area contributed by atoms with Crippen LogP contribution in [0.25, 0.3) is 0 Å². The number of alkyl halides is 3. The van der Waals surface area contributed by atoms with Gasteiger partial charge in [-0.25, -0.2) is 4.98 Å². The topological polar surface area (TPSA) is 24.9 Å². The summed E-state index contributed by atoms with van der Waals surface area (Å²) in [7, 11) is 0. The first-order valence-corrected chi connectivity index (χ1v) is 7.06. The third-order valence-corrected chi connectivity index (χ3v) is 3.87. The zero-order chi connectivity index (χ0) is 14.0. The number of hydrogen-bond donors (Lipinski definition) is 1. The Morgan fingerprint density at radius 2 is 2.11 bits per heavy atom. The fourth-order valence-electron chi connectivity index (χ4n) is 1.45. The minimum atomic E-state index is -4.41. The molecule has 0 saturated carbocycles. The third-order valence-electron chi connectivity index (χ3n) is 2.27. The highest BCUT2D eigenvalue weighted by atomic mass is 79.9. The number of nitrogens with zero attached hydrogens (tertiary/aromatic N) is 1. The Morgan fingerprint density at radius 1 is 1.37 bits per heavy atom. The normalized spacial score (nSPS) is 11.6. The molecule has 0 aliphatic rings. The van der Waals surface area contributed by atoms with Crippen LogP contribution in [0.15, 0.2) is 28.9 Å². The van der Waals surface area contributed by atoms with E-state index in [-0.39, 0.29) is 12.2 Å². The Hall–Kier alpha value is -0.790. The van der Waals surface area contributed by atoms with E-state index in [0.717, 1.165) is 10.9 Å². The predicted molar refractivity (Wildman–Crippen MR) is 73.6 cm³/mol. The van der Waals surface area contributed by atoms with Crippen molar-refractivity contribution in [3.8, 4) is 0 Å². The number of thiazole rings is 1. The first-order valence-electron chi connectivity index (χ1n) is 5.07. The van der Waals surface area contributed by atoms with Crippen molar-refractivity contribution < 1.29 is 13.2 Å². The van der Waals surface area contributed by atoms with E-state index in [0.29, 0.717) is 8.94 Å². The van der Waals surface area contributed by atoms with E-state index in [4.69, 9.17) is 11.6 Å². The van der Waals surface area contributed by atoms with Crippen LogP contribution < -0.4 is 5.32 Å². The second-order valence-electron chi connectivity index (χ2n) is 3.62. The van der Waals surface area contributed by atoms with Crippen LogP contribution in [0.5, 0.6) is 0 Å².